The van der Waals surface area contributed by atoms with E-state index in [4.69, 9.17) is 4.74 Å². The second-order valence-corrected chi connectivity index (χ2v) is 4.73. The fraction of sp³-hybridized carbons (Fsp3) is 0.667. The highest BCUT2D eigenvalue weighted by atomic mass is 16.5. The monoisotopic (exact) mass is 234 g/mol. The Morgan fingerprint density at radius 2 is 2.18 bits per heavy atom. The number of rotatable bonds is 2. The molecule has 1 aromatic heterocycles. The number of ether oxygens (including phenoxy) is 1. The molecule has 0 bridgehead atoms. The summed E-state index contributed by atoms with van der Waals surface area (Å²) in [6.45, 7) is 3.46. The van der Waals surface area contributed by atoms with Crippen molar-refractivity contribution in [1.29, 1.82) is 0 Å². The standard InChI is InChI=1S/C12H18N4O/c1-16(10-2-4-13-5-3-10)12-14-6-9-7-17-8-11(9)15-12/h6,10,13H,2-5,7-8H2,1H3. The Hall–Kier alpha value is -1.20. The molecule has 92 valence electrons. The molecule has 0 amide bonds. The van der Waals surface area contributed by atoms with Gasteiger partial charge in [-0.25, -0.2) is 9.97 Å². The van der Waals surface area contributed by atoms with Gasteiger partial charge in [-0.3, -0.25) is 0 Å². The van der Waals surface area contributed by atoms with E-state index in [1.54, 1.807) is 0 Å². The minimum Gasteiger partial charge on any atom is -0.370 e. The van der Waals surface area contributed by atoms with Crippen LogP contribution >= 0.6 is 0 Å². The first-order chi connectivity index (χ1) is 8.34. The molecule has 0 unspecified atom stereocenters. The van der Waals surface area contributed by atoms with E-state index in [2.05, 4.69) is 27.2 Å². The topological polar surface area (TPSA) is 50.3 Å². The quantitative estimate of drug-likeness (QED) is 0.816. The van der Waals surface area contributed by atoms with E-state index in [1.165, 1.54) is 0 Å². The van der Waals surface area contributed by atoms with Crippen LogP contribution in [0.2, 0.25) is 0 Å². The maximum Gasteiger partial charge on any atom is 0.225 e. The number of nitrogens with one attached hydrogen (secondary N) is 1. The average Bonchev–Trinajstić information content (AvgIpc) is 2.86. The third-order valence-electron chi connectivity index (χ3n) is 3.61. The van der Waals surface area contributed by atoms with E-state index in [9.17, 15) is 0 Å². The fourth-order valence-electron chi connectivity index (χ4n) is 2.46. The number of piperidine rings is 1. The fourth-order valence-corrected chi connectivity index (χ4v) is 2.46. The second-order valence-electron chi connectivity index (χ2n) is 4.73. The number of aromatic nitrogens is 2. The zero-order valence-corrected chi connectivity index (χ0v) is 10.1. The molecule has 2 aliphatic rings. The second kappa shape index (κ2) is 4.58. The average molecular weight is 234 g/mol. The summed E-state index contributed by atoms with van der Waals surface area (Å²) in [7, 11) is 2.09. The molecule has 0 aliphatic carbocycles. The summed E-state index contributed by atoms with van der Waals surface area (Å²) in [5, 5.41) is 3.38. The highest BCUT2D eigenvalue weighted by Gasteiger charge is 2.21. The Morgan fingerprint density at radius 3 is 3.00 bits per heavy atom. The van der Waals surface area contributed by atoms with Gasteiger partial charge in [0.2, 0.25) is 5.95 Å². The lowest BCUT2D eigenvalue weighted by Gasteiger charge is -2.31. The smallest absolute Gasteiger partial charge is 0.225 e. The SMILES string of the molecule is CN(c1ncc2c(n1)COC2)C1CCNCC1. The molecule has 5 nitrogen and oxygen atoms in total. The van der Waals surface area contributed by atoms with Crippen LogP contribution < -0.4 is 10.2 Å². The molecule has 2 aliphatic heterocycles. The van der Waals surface area contributed by atoms with Crippen molar-refractivity contribution in [2.45, 2.75) is 32.1 Å². The summed E-state index contributed by atoms with van der Waals surface area (Å²) < 4.78 is 5.36. The molecule has 0 radical (unpaired) electrons. The van der Waals surface area contributed by atoms with Gasteiger partial charge in [0.15, 0.2) is 0 Å². The van der Waals surface area contributed by atoms with Crippen molar-refractivity contribution in [3.05, 3.63) is 17.5 Å². The van der Waals surface area contributed by atoms with E-state index in [0.717, 1.165) is 43.1 Å². The Kier molecular flexibility index (Phi) is 2.94. The first-order valence-corrected chi connectivity index (χ1v) is 6.20. The molecule has 0 saturated carbocycles. The zero-order chi connectivity index (χ0) is 11.7. The number of hydrogen-bond donors (Lipinski definition) is 1. The van der Waals surface area contributed by atoms with Crippen LogP contribution in [0.4, 0.5) is 5.95 Å². The molecule has 0 spiro atoms. The van der Waals surface area contributed by atoms with Gasteiger partial charge in [-0.05, 0) is 25.9 Å². The van der Waals surface area contributed by atoms with Crippen LogP contribution in [0.25, 0.3) is 0 Å². The Morgan fingerprint density at radius 1 is 1.35 bits per heavy atom. The van der Waals surface area contributed by atoms with E-state index in [-0.39, 0.29) is 0 Å². The molecule has 5 heteroatoms. The summed E-state index contributed by atoms with van der Waals surface area (Å²) in [5.41, 5.74) is 2.18. The van der Waals surface area contributed by atoms with E-state index in [1.807, 2.05) is 6.20 Å². The van der Waals surface area contributed by atoms with Crippen LogP contribution in [0.1, 0.15) is 24.1 Å². The van der Waals surface area contributed by atoms with Crippen molar-refractivity contribution in [3.8, 4) is 0 Å². The van der Waals surface area contributed by atoms with Crippen molar-refractivity contribution >= 4 is 5.95 Å². The predicted octanol–water partition coefficient (Wildman–Crippen LogP) is 0.695. The molecule has 1 fully saturated rings. The van der Waals surface area contributed by atoms with Crippen molar-refractivity contribution in [3.63, 3.8) is 0 Å². The predicted molar refractivity (Wildman–Crippen MR) is 64.8 cm³/mol. The largest absolute Gasteiger partial charge is 0.370 e. The lowest BCUT2D eigenvalue weighted by atomic mass is 10.1. The van der Waals surface area contributed by atoms with E-state index >= 15 is 0 Å². The maximum atomic E-state index is 5.36. The van der Waals surface area contributed by atoms with Crippen LogP contribution in [0.3, 0.4) is 0 Å². The minimum atomic E-state index is 0.552. The molecule has 17 heavy (non-hydrogen) atoms. The lowest BCUT2D eigenvalue weighted by Crippen LogP contribution is -2.42. The highest BCUT2D eigenvalue weighted by molar-refractivity contribution is 5.34. The molecular weight excluding hydrogens is 216 g/mol. The van der Waals surface area contributed by atoms with Crippen LogP contribution in [0.15, 0.2) is 6.20 Å². The van der Waals surface area contributed by atoms with Crippen LogP contribution in [0.5, 0.6) is 0 Å². The van der Waals surface area contributed by atoms with Crippen molar-refractivity contribution < 1.29 is 4.74 Å². The number of hydrogen-bond acceptors (Lipinski definition) is 5. The zero-order valence-electron chi connectivity index (χ0n) is 10.1. The molecule has 0 aromatic carbocycles. The van der Waals surface area contributed by atoms with Crippen LogP contribution in [-0.2, 0) is 18.0 Å². The highest BCUT2D eigenvalue weighted by Crippen LogP contribution is 2.21. The molecule has 1 N–H and O–H groups in total. The summed E-state index contributed by atoms with van der Waals surface area (Å²) in [4.78, 5) is 11.2. The Bertz CT molecular complexity index is 403. The molecule has 1 saturated heterocycles. The summed E-state index contributed by atoms with van der Waals surface area (Å²) in [6.07, 6.45) is 4.23. The normalized spacial score (nSPS) is 20.3. The van der Waals surface area contributed by atoms with Crippen LogP contribution in [0, 0.1) is 0 Å². The van der Waals surface area contributed by atoms with E-state index < -0.39 is 0 Å². The molecule has 3 heterocycles. The molecular formula is C12H18N4O. The first-order valence-electron chi connectivity index (χ1n) is 6.20. The van der Waals surface area contributed by atoms with Gasteiger partial charge in [0.25, 0.3) is 0 Å². The van der Waals surface area contributed by atoms with Crippen molar-refractivity contribution in [2.75, 3.05) is 25.0 Å². The van der Waals surface area contributed by atoms with Gasteiger partial charge < -0.3 is 15.0 Å². The summed E-state index contributed by atoms with van der Waals surface area (Å²) in [5.74, 6) is 0.834. The minimum absolute atomic E-state index is 0.552. The number of fused-ring (bicyclic) bond motifs is 1. The third-order valence-corrected chi connectivity index (χ3v) is 3.61. The van der Waals surface area contributed by atoms with Gasteiger partial charge in [-0.1, -0.05) is 0 Å². The van der Waals surface area contributed by atoms with Crippen molar-refractivity contribution in [2.24, 2.45) is 0 Å². The van der Waals surface area contributed by atoms with E-state index in [0.29, 0.717) is 19.3 Å². The summed E-state index contributed by atoms with van der Waals surface area (Å²) >= 11 is 0. The third kappa shape index (κ3) is 2.12. The Balaban J connectivity index is 1.78. The number of nitrogens with zero attached hydrogens (tertiary/aromatic N) is 3. The first kappa shape index (κ1) is 10.9. The number of anilines is 1. The summed E-state index contributed by atoms with van der Waals surface area (Å²) in [6, 6.07) is 0.552. The van der Waals surface area contributed by atoms with Crippen LogP contribution in [-0.4, -0.2) is 36.1 Å². The molecule has 0 atom stereocenters. The van der Waals surface area contributed by atoms with Gasteiger partial charge in [0, 0.05) is 24.8 Å². The molecule has 1 aromatic rings. The maximum absolute atomic E-state index is 5.36. The van der Waals surface area contributed by atoms with Gasteiger partial charge in [-0.15, -0.1) is 0 Å². The van der Waals surface area contributed by atoms with Gasteiger partial charge >= 0.3 is 0 Å². The van der Waals surface area contributed by atoms with Crippen molar-refractivity contribution in [1.82, 2.24) is 15.3 Å². The lowest BCUT2D eigenvalue weighted by molar-refractivity contribution is 0.133. The van der Waals surface area contributed by atoms with Gasteiger partial charge in [0.05, 0.1) is 18.9 Å². The molecule has 3 rings (SSSR count). The van der Waals surface area contributed by atoms with Gasteiger partial charge in [-0.2, -0.15) is 0 Å². The Labute approximate surface area is 101 Å². The van der Waals surface area contributed by atoms with Gasteiger partial charge in [0.1, 0.15) is 0 Å².